The van der Waals surface area contributed by atoms with E-state index in [1.165, 1.54) is 6.92 Å². The lowest BCUT2D eigenvalue weighted by atomic mass is 10.2. The molecule has 1 rings (SSSR count). The number of Topliss-reactive ketones (excluding diaryl/α,β-unsaturated/α-hetero) is 1. The van der Waals surface area contributed by atoms with Gasteiger partial charge < -0.3 is 0 Å². The summed E-state index contributed by atoms with van der Waals surface area (Å²) in [6, 6.07) is 0. The number of ketones is 1. The zero-order valence-electron chi connectivity index (χ0n) is 7.00. The third-order valence-electron chi connectivity index (χ3n) is 2.08. The number of carbonyl (C=O) groups excluding carboxylic acids is 1. The molecule has 0 aromatic heterocycles. The maximum atomic E-state index is 11.4. The van der Waals surface area contributed by atoms with Gasteiger partial charge in [0.25, 0.3) is 0 Å². The third kappa shape index (κ3) is 1.71. The van der Waals surface area contributed by atoms with Crippen LogP contribution < -0.4 is 0 Å². The molecule has 5 heteroatoms. The summed E-state index contributed by atoms with van der Waals surface area (Å²) >= 11 is 2.97. The molecule has 0 spiro atoms. The van der Waals surface area contributed by atoms with E-state index in [9.17, 15) is 13.2 Å². The van der Waals surface area contributed by atoms with Crippen molar-refractivity contribution < 1.29 is 13.2 Å². The van der Waals surface area contributed by atoms with Crippen LogP contribution in [-0.4, -0.2) is 24.1 Å². The Morgan fingerprint density at radius 1 is 1.50 bits per heavy atom. The molecule has 0 bridgehead atoms. The largest absolute Gasteiger partial charge is 0.297 e. The van der Waals surface area contributed by atoms with Crippen molar-refractivity contribution in [2.75, 3.05) is 6.26 Å². The average Bonchev–Trinajstić information content (AvgIpc) is 2.64. The van der Waals surface area contributed by atoms with Crippen LogP contribution in [0.5, 0.6) is 0 Å². The topological polar surface area (TPSA) is 51.2 Å². The number of alkyl halides is 1. The second kappa shape index (κ2) is 2.80. The van der Waals surface area contributed by atoms with Gasteiger partial charge in [0.15, 0.2) is 19.3 Å². The zero-order chi connectivity index (χ0) is 9.57. The van der Waals surface area contributed by atoms with Crippen LogP contribution in [0.1, 0.15) is 19.8 Å². The normalized spacial score (nSPS) is 23.2. The minimum Gasteiger partial charge on any atom is -0.297 e. The number of rotatable bonds is 3. The molecule has 0 radical (unpaired) electrons. The predicted molar refractivity (Wildman–Crippen MR) is 49.9 cm³/mol. The summed E-state index contributed by atoms with van der Waals surface area (Å²) in [5, 5.41) is 0. The van der Waals surface area contributed by atoms with Crippen LogP contribution in [0.15, 0.2) is 0 Å². The Balaban J connectivity index is 2.91. The van der Waals surface area contributed by atoms with E-state index in [0.717, 1.165) is 19.1 Å². The molecular weight excluding hydrogens is 244 g/mol. The highest BCUT2D eigenvalue weighted by atomic mass is 79.9. The van der Waals surface area contributed by atoms with Gasteiger partial charge in [0, 0.05) is 12.2 Å². The molecule has 70 valence electrons. The van der Waals surface area contributed by atoms with Crippen LogP contribution >= 0.6 is 15.9 Å². The first-order chi connectivity index (χ1) is 5.27. The molecule has 0 saturated heterocycles. The summed E-state index contributed by atoms with van der Waals surface area (Å²) in [7, 11) is -3.34. The number of hydrogen-bond donors (Lipinski definition) is 0. The van der Waals surface area contributed by atoms with Gasteiger partial charge in [-0.25, -0.2) is 8.42 Å². The molecule has 1 unspecified atom stereocenters. The molecule has 1 saturated carbocycles. The van der Waals surface area contributed by atoms with Crippen LogP contribution in [0.4, 0.5) is 0 Å². The summed E-state index contributed by atoms with van der Waals surface area (Å²) in [6.45, 7) is 1.41. The van der Waals surface area contributed by atoms with Gasteiger partial charge in [0.1, 0.15) is 0 Å². The maximum Gasteiger partial charge on any atom is 0.182 e. The van der Waals surface area contributed by atoms with Crippen molar-refractivity contribution in [3.05, 3.63) is 0 Å². The van der Waals surface area contributed by atoms with Crippen molar-refractivity contribution in [2.24, 2.45) is 5.92 Å². The molecule has 0 aromatic rings. The first kappa shape index (κ1) is 10.2. The summed E-state index contributed by atoms with van der Waals surface area (Å²) in [6.07, 6.45) is 2.73. The molecule has 0 amide bonds. The Hall–Kier alpha value is 0.1000. The SMILES string of the molecule is CC(Br)(C(=O)C1CC1)S(C)(=O)=O. The van der Waals surface area contributed by atoms with Gasteiger partial charge in [-0.05, 0) is 19.8 Å². The fourth-order valence-corrected chi connectivity index (χ4v) is 1.75. The molecule has 0 aliphatic heterocycles. The molecule has 12 heavy (non-hydrogen) atoms. The van der Waals surface area contributed by atoms with Crippen molar-refractivity contribution in [3.8, 4) is 0 Å². The second-order valence-electron chi connectivity index (χ2n) is 3.33. The standard InChI is InChI=1S/C7H11BrO3S/c1-7(8,12(2,10)11)6(9)5-3-4-5/h5H,3-4H2,1-2H3. The quantitative estimate of drug-likeness (QED) is 0.710. The highest BCUT2D eigenvalue weighted by Gasteiger charge is 2.47. The van der Waals surface area contributed by atoms with E-state index in [1.54, 1.807) is 0 Å². The molecule has 1 aliphatic rings. The summed E-state index contributed by atoms with van der Waals surface area (Å²) in [5.74, 6) is -0.242. The Labute approximate surface area is 80.6 Å². The van der Waals surface area contributed by atoms with Crippen molar-refractivity contribution in [2.45, 2.75) is 23.4 Å². The minimum atomic E-state index is -3.34. The third-order valence-corrected chi connectivity index (χ3v) is 5.83. The molecule has 1 fully saturated rings. The van der Waals surface area contributed by atoms with Gasteiger partial charge in [-0.1, -0.05) is 15.9 Å². The van der Waals surface area contributed by atoms with E-state index >= 15 is 0 Å². The second-order valence-corrected chi connectivity index (χ2v) is 7.80. The molecule has 0 aromatic carbocycles. The Morgan fingerprint density at radius 2 is 1.92 bits per heavy atom. The Bertz CT molecular complexity index is 301. The highest BCUT2D eigenvalue weighted by molar-refractivity contribution is 9.12. The van der Waals surface area contributed by atoms with Crippen LogP contribution in [0, 0.1) is 5.92 Å². The van der Waals surface area contributed by atoms with E-state index in [1.807, 2.05) is 0 Å². The van der Waals surface area contributed by atoms with Gasteiger partial charge in [0.2, 0.25) is 0 Å². The van der Waals surface area contributed by atoms with Crippen molar-refractivity contribution in [1.29, 1.82) is 0 Å². The average molecular weight is 255 g/mol. The maximum absolute atomic E-state index is 11.4. The van der Waals surface area contributed by atoms with Gasteiger partial charge in [-0.15, -0.1) is 0 Å². The molecule has 1 aliphatic carbocycles. The first-order valence-corrected chi connectivity index (χ1v) is 6.38. The lowest BCUT2D eigenvalue weighted by Crippen LogP contribution is -2.37. The predicted octanol–water partition coefficient (Wildman–Crippen LogP) is 1.12. The van der Waals surface area contributed by atoms with Gasteiger partial charge in [0.05, 0.1) is 0 Å². The fourth-order valence-electron chi connectivity index (χ4n) is 0.893. The van der Waals surface area contributed by atoms with Crippen LogP contribution in [0.25, 0.3) is 0 Å². The zero-order valence-corrected chi connectivity index (χ0v) is 9.41. The number of carbonyl (C=O) groups is 1. The smallest absolute Gasteiger partial charge is 0.182 e. The number of hydrogen-bond acceptors (Lipinski definition) is 3. The lowest BCUT2D eigenvalue weighted by molar-refractivity contribution is -0.120. The van der Waals surface area contributed by atoms with Crippen molar-refractivity contribution in [3.63, 3.8) is 0 Å². The van der Waals surface area contributed by atoms with E-state index in [2.05, 4.69) is 15.9 Å². The summed E-state index contributed by atoms with van der Waals surface area (Å²) < 4.78 is 20.9. The highest BCUT2D eigenvalue weighted by Crippen LogP contribution is 2.39. The van der Waals surface area contributed by atoms with Crippen molar-refractivity contribution >= 4 is 31.6 Å². The molecule has 0 heterocycles. The van der Waals surface area contributed by atoms with Gasteiger partial charge >= 0.3 is 0 Å². The number of halogens is 1. The monoisotopic (exact) mass is 254 g/mol. The van der Waals surface area contributed by atoms with Gasteiger partial charge in [-0.3, -0.25) is 4.79 Å². The van der Waals surface area contributed by atoms with Crippen LogP contribution in [-0.2, 0) is 14.6 Å². The lowest BCUT2D eigenvalue weighted by Gasteiger charge is -2.18. The Morgan fingerprint density at radius 3 is 2.17 bits per heavy atom. The first-order valence-electron chi connectivity index (χ1n) is 3.69. The fraction of sp³-hybridized carbons (Fsp3) is 0.857. The molecule has 3 nitrogen and oxygen atoms in total. The van der Waals surface area contributed by atoms with E-state index in [4.69, 9.17) is 0 Å². The molecule has 1 atom stereocenters. The van der Waals surface area contributed by atoms with Crippen molar-refractivity contribution in [1.82, 2.24) is 0 Å². The van der Waals surface area contributed by atoms with E-state index < -0.39 is 13.5 Å². The van der Waals surface area contributed by atoms with Crippen LogP contribution in [0.3, 0.4) is 0 Å². The Kier molecular flexibility index (Phi) is 2.38. The molecule has 0 N–H and O–H groups in total. The van der Waals surface area contributed by atoms with E-state index in [-0.39, 0.29) is 11.7 Å². The minimum absolute atomic E-state index is 0.0379. The number of sulfone groups is 1. The summed E-state index contributed by atoms with van der Waals surface area (Å²) in [5.41, 5.74) is 0. The van der Waals surface area contributed by atoms with Gasteiger partial charge in [-0.2, -0.15) is 0 Å². The van der Waals surface area contributed by atoms with Crippen LogP contribution in [0.2, 0.25) is 0 Å². The molecular formula is C7H11BrO3S. The van der Waals surface area contributed by atoms with E-state index in [0.29, 0.717) is 0 Å². The summed E-state index contributed by atoms with van der Waals surface area (Å²) in [4.78, 5) is 11.4.